The van der Waals surface area contributed by atoms with Crippen molar-refractivity contribution in [2.75, 3.05) is 6.54 Å². The van der Waals surface area contributed by atoms with Gasteiger partial charge in [-0.3, -0.25) is 4.79 Å². The van der Waals surface area contributed by atoms with Gasteiger partial charge in [0.2, 0.25) is 0 Å². The van der Waals surface area contributed by atoms with E-state index in [1.165, 1.54) is 0 Å². The monoisotopic (exact) mass is 441 g/mol. The Morgan fingerprint density at radius 2 is 1.84 bits per heavy atom. The molecule has 2 fully saturated rings. The van der Waals surface area contributed by atoms with Gasteiger partial charge in [-0.15, -0.1) is 0 Å². The van der Waals surface area contributed by atoms with E-state index < -0.39 is 0 Å². The van der Waals surface area contributed by atoms with Gasteiger partial charge in [-0.25, -0.2) is 0 Å². The average Bonchev–Trinajstić information content (AvgIpc) is 3.29. The summed E-state index contributed by atoms with van der Waals surface area (Å²) in [6, 6.07) is 7.95. The van der Waals surface area contributed by atoms with Crippen molar-refractivity contribution in [2.45, 2.75) is 97.0 Å². The van der Waals surface area contributed by atoms with Gasteiger partial charge in [-0.1, -0.05) is 50.3 Å². The molecule has 1 atom stereocenters. The van der Waals surface area contributed by atoms with Crippen LogP contribution in [0.15, 0.2) is 30.3 Å². The lowest BCUT2D eigenvalue weighted by Crippen LogP contribution is -2.41. The average molecular weight is 441 g/mol. The number of esters is 1. The second-order valence-electron chi connectivity index (χ2n) is 10.6. The molecule has 6 heteroatoms. The van der Waals surface area contributed by atoms with Gasteiger partial charge in [0.25, 0.3) is 0 Å². The van der Waals surface area contributed by atoms with E-state index in [0.717, 1.165) is 43.1 Å². The first-order valence-corrected chi connectivity index (χ1v) is 12.1. The lowest BCUT2D eigenvalue weighted by molar-refractivity contribution is -0.151. The van der Waals surface area contributed by atoms with E-state index in [1.807, 2.05) is 12.1 Å². The van der Waals surface area contributed by atoms with Crippen LogP contribution in [0.2, 0.25) is 0 Å². The number of hydrogen-bond acceptors (Lipinski definition) is 5. The molecule has 1 saturated heterocycles. The number of benzene rings is 1. The van der Waals surface area contributed by atoms with Crippen molar-refractivity contribution in [3.63, 3.8) is 0 Å². The summed E-state index contributed by atoms with van der Waals surface area (Å²) in [5.41, 5.74) is 1.38. The lowest BCUT2D eigenvalue weighted by atomic mass is 9.78. The fourth-order valence-electron chi connectivity index (χ4n) is 4.18. The van der Waals surface area contributed by atoms with Gasteiger partial charge >= 0.3 is 13.1 Å². The predicted molar refractivity (Wildman–Crippen MR) is 131 cm³/mol. The molecule has 0 spiro atoms. The summed E-state index contributed by atoms with van der Waals surface area (Å²) in [5.74, 6) is 0.311. The minimum absolute atomic E-state index is 0.104. The smallest absolute Gasteiger partial charge is 0.461 e. The highest BCUT2D eigenvalue weighted by atomic mass is 16.7. The standard InChI is InChI=1S/C26H40BNO4/c1-19(2)17-23(24(29)30-22-14-7-8-15-22)28-16-10-12-20-11-9-13-21(18-20)27-31-25(3,4)26(5,6)32-27/h9-13,18-19,22-23,28H,7-8,14-17H2,1-6H3/b12-10+/t23-/m1/s1. The first-order chi connectivity index (χ1) is 15.1. The minimum atomic E-state index is -0.368. The van der Waals surface area contributed by atoms with Gasteiger partial charge in [0.15, 0.2) is 0 Å². The van der Waals surface area contributed by atoms with E-state index >= 15 is 0 Å². The van der Waals surface area contributed by atoms with E-state index in [1.54, 1.807) is 0 Å². The van der Waals surface area contributed by atoms with Gasteiger partial charge in [0.1, 0.15) is 12.1 Å². The fourth-order valence-corrected chi connectivity index (χ4v) is 4.18. The molecule has 0 unspecified atom stereocenters. The Bertz CT molecular complexity index is 783. The zero-order valence-electron chi connectivity index (χ0n) is 20.6. The number of carbonyl (C=O) groups excluding carboxylic acids is 1. The topological polar surface area (TPSA) is 56.8 Å². The van der Waals surface area contributed by atoms with E-state index in [0.29, 0.717) is 12.5 Å². The summed E-state index contributed by atoms with van der Waals surface area (Å²) in [7, 11) is -0.368. The molecular weight excluding hydrogens is 401 g/mol. The van der Waals surface area contributed by atoms with Crippen molar-refractivity contribution in [2.24, 2.45) is 5.92 Å². The molecule has 1 aromatic rings. The zero-order chi connectivity index (χ0) is 23.4. The molecule has 1 heterocycles. The highest BCUT2D eigenvalue weighted by molar-refractivity contribution is 6.62. The Morgan fingerprint density at radius 3 is 2.47 bits per heavy atom. The van der Waals surface area contributed by atoms with E-state index in [9.17, 15) is 4.79 Å². The number of nitrogens with one attached hydrogen (secondary N) is 1. The van der Waals surface area contributed by atoms with Crippen molar-refractivity contribution in [3.05, 3.63) is 35.9 Å². The highest BCUT2D eigenvalue weighted by Gasteiger charge is 2.51. The van der Waals surface area contributed by atoms with Gasteiger partial charge in [0.05, 0.1) is 11.2 Å². The van der Waals surface area contributed by atoms with Crippen molar-refractivity contribution >= 4 is 24.6 Å². The molecule has 5 nitrogen and oxygen atoms in total. The second kappa shape index (κ2) is 10.5. The summed E-state index contributed by atoms with van der Waals surface area (Å²) in [4.78, 5) is 12.7. The Kier molecular flexibility index (Phi) is 8.23. The van der Waals surface area contributed by atoms with Crippen LogP contribution in [0, 0.1) is 5.92 Å². The first-order valence-electron chi connectivity index (χ1n) is 12.1. The molecule has 1 saturated carbocycles. The third-order valence-corrected chi connectivity index (χ3v) is 6.81. The molecule has 3 rings (SSSR count). The molecule has 2 aliphatic rings. The molecule has 0 amide bonds. The number of hydrogen-bond donors (Lipinski definition) is 1. The molecule has 0 aromatic heterocycles. The fraction of sp³-hybridized carbons (Fsp3) is 0.654. The van der Waals surface area contributed by atoms with Gasteiger partial charge in [-0.05, 0) is 76.7 Å². The number of carbonyl (C=O) groups is 1. The lowest BCUT2D eigenvalue weighted by Gasteiger charge is -2.32. The Morgan fingerprint density at radius 1 is 1.19 bits per heavy atom. The first kappa shape index (κ1) is 25.0. The molecule has 1 aliphatic carbocycles. The van der Waals surface area contributed by atoms with E-state index in [4.69, 9.17) is 14.0 Å². The SMILES string of the molecule is CC(C)C[C@@H](NC/C=C/c1cccc(B2OC(C)(C)C(C)(C)O2)c1)C(=O)OC1CCCC1. The van der Waals surface area contributed by atoms with Gasteiger partial charge in [-0.2, -0.15) is 0 Å². The third kappa shape index (κ3) is 6.46. The van der Waals surface area contributed by atoms with Crippen LogP contribution in [0.4, 0.5) is 0 Å². The Balaban J connectivity index is 1.56. The molecular formula is C26H40BNO4. The molecule has 1 aromatic carbocycles. The van der Waals surface area contributed by atoms with Gasteiger partial charge in [0, 0.05) is 6.54 Å². The minimum Gasteiger partial charge on any atom is -0.461 e. The number of rotatable bonds is 9. The molecule has 0 bridgehead atoms. The van der Waals surface area contributed by atoms with Crippen LogP contribution in [0.1, 0.15) is 79.2 Å². The van der Waals surface area contributed by atoms with Crippen molar-refractivity contribution < 1.29 is 18.8 Å². The van der Waals surface area contributed by atoms with Gasteiger partial charge < -0.3 is 19.4 Å². The summed E-state index contributed by atoms with van der Waals surface area (Å²) in [5, 5.41) is 3.38. The van der Waals surface area contributed by atoms with Crippen LogP contribution in [-0.4, -0.2) is 43.0 Å². The van der Waals surface area contributed by atoms with E-state index in [-0.39, 0.29) is 36.4 Å². The molecule has 1 aliphatic heterocycles. The molecule has 176 valence electrons. The molecule has 0 radical (unpaired) electrons. The van der Waals surface area contributed by atoms with Crippen molar-refractivity contribution in [3.8, 4) is 0 Å². The highest BCUT2D eigenvalue weighted by Crippen LogP contribution is 2.36. The van der Waals surface area contributed by atoms with Crippen LogP contribution in [0.25, 0.3) is 6.08 Å². The van der Waals surface area contributed by atoms with Crippen LogP contribution < -0.4 is 10.8 Å². The van der Waals surface area contributed by atoms with Crippen LogP contribution in [0.3, 0.4) is 0 Å². The Labute approximate surface area is 194 Å². The van der Waals surface area contributed by atoms with Crippen molar-refractivity contribution in [1.29, 1.82) is 0 Å². The second-order valence-corrected chi connectivity index (χ2v) is 10.6. The number of ether oxygens (including phenoxy) is 1. The third-order valence-electron chi connectivity index (χ3n) is 6.81. The summed E-state index contributed by atoms with van der Waals surface area (Å²) in [6.07, 6.45) is 9.32. The molecule has 1 N–H and O–H groups in total. The normalized spacial score (nSPS) is 21.5. The molecule has 32 heavy (non-hydrogen) atoms. The van der Waals surface area contributed by atoms with Crippen LogP contribution in [-0.2, 0) is 18.8 Å². The Hall–Kier alpha value is -1.63. The summed E-state index contributed by atoms with van der Waals surface area (Å²) < 4.78 is 18.1. The largest absolute Gasteiger partial charge is 0.494 e. The van der Waals surface area contributed by atoms with E-state index in [2.05, 4.69) is 71.1 Å². The summed E-state index contributed by atoms with van der Waals surface area (Å²) >= 11 is 0. The van der Waals surface area contributed by atoms with Crippen LogP contribution in [0.5, 0.6) is 0 Å². The van der Waals surface area contributed by atoms with Crippen LogP contribution >= 0.6 is 0 Å². The zero-order valence-corrected chi connectivity index (χ0v) is 20.6. The maximum Gasteiger partial charge on any atom is 0.494 e. The quantitative estimate of drug-likeness (QED) is 0.452. The predicted octanol–water partition coefficient (Wildman–Crippen LogP) is 4.49. The maximum absolute atomic E-state index is 12.7. The summed E-state index contributed by atoms with van der Waals surface area (Å²) in [6.45, 7) is 13.1. The maximum atomic E-state index is 12.7. The van der Waals surface area contributed by atoms with Crippen molar-refractivity contribution in [1.82, 2.24) is 5.32 Å².